The highest BCUT2D eigenvalue weighted by Gasteiger charge is 2.41. The van der Waals surface area contributed by atoms with Crippen LogP contribution >= 0.6 is 0 Å². The minimum Gasteiger partial charge on any atom is -0.465 e. The number of methoxy groups -OCH3 is 1. The molecule has 1 fully saturated rings. The first-order valence-corrected chi connectivity index (χ1v) is 10.0. The second-order valence-electron chi connectivity index (χ2n) is 7.66. The first kappa shape index (κ1) is 20.6. The Morgan fingerprint density at radius 2 is 1.94 bits per heavy atom. The maximum Gasteiger partial charge on any atom is 0.410 e. The lowest BCUT2D eigenvalue weighted by Gasteiger charge is -2.33. The van der Waals surface area contributed by atoms with Crippen LogP contribution in [-0.4, -0.2) is 41.1 Å². The molecule has 0 aromatic heterocycles. The number of hydrogen-bond acceptors (Lipinski definition) is 6. The molecule has 0 aliphatic carbocycles. The number of nitro groups is 1. The summed E-state index contributed by atoms with van der Waals surface area (Å²) in [6.45, 7) is 0.208. The number of esters is 1. The number of ether oxygens (including phenoxy) is 2. The van der Waals surface area contributed by atoms with Crippen LogP contribution in [0.3, 0.4) is 0 Å². The van der Waals surface area contributed by atoms with Crippen LogP contribution in [-0.2, 0) is 16.1 Å². The zero-order chi connectivity index (χ0) is 22.0. The molecule has 0 radical (unpaired) electrons. The average molecular weight is 422 g/mol. The van der Waals surface area contributed by atoms with Crippen molar-refractivity contribution in [2.24, 2.45) is 0 Å². The van der Waals surface area contributed by atoms with Gasteiger partial charge in [-0.3, -0.25) is 15.0 Å². The van der Waals surface area contributed by atoms with Gasteiger partial charge in [-0.1, -0.05) is 36.4 Å². The first-order valence-electron chi connectivity index (χ1n) is 10.0. The van der Waals surface area contributed by atoms with Crippen molar-refractivity contribution in [1.82, 2.24) is 4.90 Å². The Morgan fingerprint density at radius 1 is 1.16 bits per heavy atom. The molecule has 8 nitrogen and oxygen atoms in total. The summed E-state index contributed by atoms with van der Waals surface area (Å²) in [7, 11) is 1.24. The van der Waals surface area contributed by atoms with Gasteiger partial charge in [0.25, 0.3) is 5.69 Å². The fourth-order valence-corrected chi connectivity index (χ4v) is 4.26. The predicted octanol–water partition coefficient (Wildman–Crippen LogP) is 4.34. The second kappa shape index (κ2) is 8.59. The molecule has 2 bridgehead atoms. The monoisotopic (exact) mass is 422 g/mol. The zero-order valence-corrected chi connectivity index (χ0v) is 17.0. The van der Waals surface area contributed by atoms with Crippen LogP contribution in [0.5, 0.6) is 0 Å². The lowest BCUT2D eigenvalue weighted by Crippen LogP contribution is -2.43. The van der Waals surface area contributed by atoms with Crippen LogP contribution in [0.1, 0.15) is 40.7 Å². The summed E-state index contributed by atoms with van der Waals surface area (Å²) in [5.74, 6) is -0.629. The van der Waals surface area contributed by atoms with Crippen molar-refractivity contribution in [3.05, 3.63) is 81.4 Å². The number of fused-ring (bicyclic) bond motifs is 2. The molecule has 2 aliphatic heterocycles. The van der Waals surface area contributed by atoms with Gasteiger partial charge in [-0.15, -0.1) is 0 Å². The van der Waals surface area contributed by atoms with E-state index in [9.17, 15) is 19.7 Å². The maximum absolute atomic E-state index is 12.7. The van der Waals surface area contributed by atoms with Gasteiger partial charge in [0.15, 0.2) is 0 Å². The summed E-state index contributed by atoms with van der Waals surface area (Å²) in [4.78, 5) is 37.2. The topological polar surface area (TPSA) is 99.0 Å². The van der Waals surface area contributed by atoms with Gasteiger partial charge in [0.2, 0.25) is 0 Å². The third kappa shape index (κ3) is 4.28. The minimum atomic E-state index is -0.629. The molecule has 0 spiro atoms. The molecule has 2 atom stereocenters. The van der Waals surface area contributed by atoms with Gasteiger partial charge < -0.3 is 9.47 Å². The van der Waals surface area contributed by atoms with E-state index in [1.807, 2.05) is 36.4 Å². The van der Waals surface area contributed by atoms with Crippen molar-refractivity contribution in [1.29, 1.82) is 0 Å². The van der Waals surface area contributed by atoms with E-state index in [1.165, 1.54) is 19.2 Å². The van der Waals surface area contributed by atoms with Gasteiger partial charge in [0.1, 0.15) is 6.61 Å². The summed E-state index contributed by atoms with van der Waals surface area (Å²) < 4.78 is 10.2. The number of carbonyl (C=O) groups is 2. The molecule has 2 unspecified atom stereocenters. The largest absolute Gasteiger partial charge is 0.465 e. The number of rotatable bonds is 5. The van der Waals surface area contributed by atoms with E-state index in [-0.39, 0.29) is 36.0 Å². The molecule has 31 heavy (non-hydrogen) atoms. The summed E-state index contributed by atoms with van der Waals surface area (Å²) in [5, 5.41) is 11.3. The molecule has 2 heterocycles. The van der Waals surface area contributed by atoms with Gasteiger partial charge in [-0.2, -0.15) is 0 Å². The molecule has 1 amide bonds. The molecule has 0 saturated carbocycles. The lowest BCUT2D eigenvalue weighted by atomic mass is 9.93. The third-order valence-corrected chi connectivity index (χ3v) is 5.73. The standard InChI is InChI=1S/C23H22N2O6/c1-30-22(26)18-9-16(12-21(13-18)25(28)29)17-10-19-7-8-20(11-17)24(19)23(27)31-14-15-5-3-2-4-6-15/h2-6,9-10,12-13,19-20H,7-8,11,14H2,1H3. The van der Waals surface area contributed by atoms with Gasteiger partial charge in [0.05, 0.1) is 23.6 Å². The van der Waals surface area contributed by atoms with Crippen molar-refractivity contribution in [3.63, 3.8) is 0 Å². The molecular formula is C23H22N2O6. The SMILES string of the molecule is COC(=O)c1cc(C2=CC3CCC(C2)N3C(=O)OCc2ccccc2)cc([N+](=O)[O-])c1. The Labute approximate surface area is 179 Å². The van der Waals surface area contributed by atoms with Crippen LogP contribution in [0.4, 0.5) is 10.5 Å². The predicted molar refractivity (Wildman–Crippen MR) is 112 cm³/mol. The van der Waals surface area contributed by atoms with Crippen LogP contribution in [0, 0.1) is 10.1 Å². The van der Waals surface area contributed by atoms with Crippen LogP contribution < -0.4 is 0 Å². The highest BCUT2D eigenvalue weighted by atomic mass is 16.6. The minimum absolute atomic E-state index is 0.0471. The molecule has 0 N–H and O–H groups in total. The molecular weight excluding hydrogens is 400 g/mol. The van der Waals surface area contributed by atoms with Crippen molar-refractivity contribution in [2.75, 3.05) is 7.11 Å². The second-order valence-corrected chi connectivity index (χ2v) is 7.66. The molecule has 4 rings (SSSR count). The Bertz CT molecular complexity index is 1050. The van der Waals surface area contributed by atoms with Crippen molar-refractivity contribution in [2.45, 2.75) is 38.0 Å². The number of benzene rings is 2. The van der Waals surface area contributed by atoms with Crippen LogP contribution in [0.25, 0.3) is 5.57 Å². The van der Waals surface area contributed by atoms with E-state index in [0.717, 1.165) is 24.0 Å². The van der Waals surface area contributed by atoms with Crippen LogP contribution in [0.2, 0.25) is 0 Å². The van der Waals surface area contributed by atoms with E-state index in [0.29, 0.717) is 12.0 Å². The highest BCUT2D eigenvalue weighted by molar-refractivity contribution is 5.91. The van der Waals surface area contributed by atoms with Gasteiger partial charge >= 0.3 is 12.1 Å². The first-order chi connectivity index (χ1) is 15.0. The Hall–Kier alpha value is -3.68. The van der Waals surface area contributed by atoms with Crippen LogP contribution in [0.15, 0.2) is 54.6 Å². The number of hydrogen-bond donors (Lipinski definition) is 0. The van der Waals surface area contributed by atoms with E-state index in [1.54, 1.807) is 11.0 Å². The molecule has 160 valence electrons. The van der Waals surface area contributed by atoms with Gasteiger partial charge in [-0.05, 0) is 42.0 Å². The summed E-state index contributed by atoms with van der Waals surface area (Å²) >= 11 is 0. The number of nitro benzene ring substituents is 1. The summed E-state index contributed by atoms with van der Waals surface area (Å²) in [6, 6.07) is 13.6. The Balaban J connectivity index is 1.55. The van der Waals surface area contributed by atoms with Gasteiger partial charge in [-0.25, -0.2) is 9.59 Å². The van der Waals surface area contributed by atoms with E-state index in [2.05, 4.69) is 0 Å². The zero-order valence-electron chi connectivity index (χ0n) is 17.0. The lowest BCUT2D eigenvalue weighted by molar-refractivity contribution is -0.384. The number of nitrogens with zero attached hydrogens (tertiary/aromatic N) is 2. The summed E-state index contributed by atoms with van der Waals surface area (Å²) in [5.41, 5.74) is 2.36. The Kier molecular flexibility index (Phi) is 5.70. The van der Waals surface area contributed by atoms with E-state index < -0.39 is 10.9 Å². The van der Waals surface area contributed by atoms with E-state index >= 15 is 0 Å². The number of non-ortho nitro benzene ring substituents is 1. The van der Waals surface area contributed by atoms with E-state index in [4.69, 9.17) is 9.47 Å². The highest BCUT2D eigenvalue weighted by Crippen LogP contribution is 2.40. The maximum atomic E-state index is 12.7. The quantitative estimate of drug-likeness (QED) is 0.404. The summed E-state index contributed by atoms with van der Waals surface area (Å²) in [6.07, 6.45) is 3.75. The number of carbonyl (C=O) groups excluding carboxylic acids is 2. The third-order valence-electron chi connectivity index (χ3n) is 5.73. The molecule has 2 aliphatic rings. The van der Waals surface area contributed by atoms with Crippen molar-refractivity contribution >= 4 is 23.3 Å². The van der Waals surface area contributed by atoms with Gasteiger partial charge in [0, 0.05) is 18.2 Å². The van der Waals surface area contributed by atoms with Crippen molar-refractivity contribution < 1.29 is 24.0 Å². The average Bonchev–Trinajstić information content (AvgIpc) is 3.06. The molecule has 2 aromatic rings. The smallest absolute Gasteiger partial charge is 0.410 e. The normalized spacial score (nSPS) is 19.5. The molecule has 8 heteroatoms. The molecule has 2 aromatic carbocycles. The van der Waals surface area contributed by atoms with Crippen molar-refractivity contribution in [3.8, 4) is 0 Å². The fraction of sp³-hybridized carbons (Fsp3) is 0.304. The molecule has 1 saturated heterocycles. The fourth-order valence-electron chi connectivity index (χ4n) is 4.26. The Morgan fingerprint density at radius 3 is 2.61 bits per heavy atom. The number of amides is 1.